The van der Waals surface area contributed by atoms with Gasteiger partial charge in [0.2, 0.25) is 5.91 Å². The van der Waals surface area contributed by atoms with Crippen molar-refractivity contribution in [2.45, 2.75) is 26.3 Å². The maximum atomic E-state index is 12.3. The molecule has 2 rings (SSSR count). The van der Waals surface area contributed by atoms with Crippen molar-refractivity contribution < 1.29 is 9.59 Å². The molecule has 1 saturated heterocycles. The van der Waals surface area contributed by atoms with Gasteiger partial charge in [-0.2, -0.15) is 0 Å². The standard InChI is InChI=1S/C15H19BrN2O2/c1-10(19)11-5-6-13(12(16)9-11)18-8-7-17(4)14(20)15(18,2)3/h5-6,9H,7-8H2,1-4H3. The number of piperazine rings is 1. The Labute approximate surface area is 127 Å². The van der Waals surface area contributed by atoms with Crippen molar-refractivity contribution in [3.8, 4) is 0 Å². The van der Waals surface area contributed by atoms with Gasteiger partial charge in [-0.1, -0.05) is 0 Å². The SMILES string of the molecule is CC(=O)c1ccc(N2CCN(C)C(=O)C2(C)C)c(Br)c1. The first-order valence-corrected chi connectivity index (χ1v) is 7.38. The van der Waals surface area contributed by atoms with Crippen molar-refractivity contribution in [2.75, 3.05) is 25.0 Å². The van der Waals surface area contributed by atoms with E-state index in [1.54, 1.807) is 17.9 Å². The first kappa shape index (κ1) is 15.0. The normalized spacial score (nSPS) is 18.4. The number of hydrogen-bond donors (Lipinski definition) is 0. The van der Waals surface area contributed by atoms with Crippen LogP contribution in [0.5, 0.6) is 0 Å². The Morgan fingerprint density at radius 3 is 2.50 bits per heavy atom. The molecule has 0 N–H and O–H groups in total. The molecule has 4 nitrogen and oxygen atoms in total. The van der Waals surface area contributed by atoms with E-state index in [0.717, 1.165) is 16.7 Å². The lowest BCUT2D eigenvalue weighted by Gasteiger charge is -2.46. The van der Waals surface area contributed by atoms with Gasteiger partial charge in [0.1, 0.15) is 5.54 Å². The highest BCUT2D eigenvalue weighted by atomic mass is 79.9. The Morgan fingerprint density at radius 1 is 1.30 bits per heavy atom. The summed E-state index contributed by atoms with van der Waals surface area (Å²) >= 11 is 3.52. The molecule has 1 fully saturated rings. The number of anilines is 1. The number of amides is 1. The zero-order valence-corrected chi connectivity index (χ0v) is 13.8. The van der Waals surface area contributed by atoms with Gasteiger partial charge in [0.15, 0.2) is 5.78 Å². The van der Waals surface area contributed by atoms with Gasteiger partial charge in [0.05, 0.1) is 5.69 Å². The van der Waals surface area contributed by atoms with Gasteiger partial charge in [-0.25, -0.2) is 0 Å². The largest absolute Gasteiger partial charge is 0.355 e. The third kappa shape index (κ3) is 2.46. The van der Waals surface area contributed by atoms with Gasteiger partial charge >= 0.3 is 0 Å². The fraction of sp³-hybridized carbons (Fsp3) is 0.467. The fourth-order valence-corrected chi connectivity index (χ4v) is 3.17. The minimum atomic E-state index is -0.590. The van der Waals surface area contributed by atoms with Crippen molar-refractivity contribution >= 4 is 33.3 Å². The summed E-state index contributed by atoms with van der Waals surface area (Å²) in [6.07, 6.45) is 0. The number of likely N-dealkylation sites (N-methyl/N-ethyl adjacent to an activating group) is 1. The average molecular weight is 339 g/mol. The maximum absolute atomic E-state index is 12.3. The summed E-state index contributed by atoms with van der Waals surface area (Å²) in [5.74, 6) is 0.136. The second-order valence-electron chi connectivity index (χ2n) is 5.66. The Balaban J connectivity index is 2.41. The van der Waals surface area contributed by atoms with E-state index >= 15 is 0 Å². The molecule has 0 saturated carbocycles. The lowest BCUT2D eigenvalue weighted by atomic mass is 9.96. The van der Waals surface area contributed by atoms with Crippen LogP contribution in [0, 0.1) is 0 Å². The van der Waals surface area contributed by atoms with Crippen molar-refractivity contribution in [1.29, 1.82) is 0 Å². The van der Waals surface area contributed by atoms with Gasteiger partial charge in [-0.3, -0.25) is 9.59 Å². The molecule has 20 heavy (non-hydrogen) atoms. The van der Waals surface area contributed by atoms with E-state index in [2.05, 4.69) is 20.8 Å². The predicted octanol–water partition coefficient (Wildman–Crippen LogP) is 2.71. The monoisotopic (exact) mass is 338 g/mol. The van der Waals surface area contributed by atoms with Crippen molar-refractivity contribution in [3.05, 3.63) is 28.2 Å². The second kappa shape index (κ2) is 5.20. The van der Waals surface area contributed by atoms with Gasteiger partial charge in [0, 0.05) is 30.2 Å². The van der Waals surface area contributed by atoms with E-state index in [4.69, 9.17) is 0 Å². The minimum Gasteiger partial charge on any atom is -0.355 e. The summed E-state index contributed by atoms with van der Waals surface area (Å²) in [6, 6.07) is 5.53. The molecule has 1 aromatic carbocycles. The summed E-state index contributed by atoms with van der Waals surface area (Å²) in [7, 11) is 1.83. The fourth-order valence-electron chi connectivity index (χ4n) is 2.58. The number of carbonyl (C=O) groups is 2. The van der Waals surface area contributed by atoms with Crippen LogP contribution >= 0.6 is 15.9 Å². The number of rotatable bonds is 2. The molecule has 108 valence electrons. The first-order chi connectivity index (χ1) is 9.25. The summed E-state index contributed by atoms with van der Waals surface area (Å²) in [6.45, 7) is 6.87. The number of hydrogen-bond acceptors (Lipinski definition) is 3. The molecule has 0 atom stereocenters. The Morgan fingerprint density at radius 2 is 1.95 bits per heavy atom. The van der Waals surface area contributed by atoms with Gasteiger partial charge in [-0.15, -0.1) is 0 Å². The highest BCUT2D eigenvalue weighted by molar-refractivity contribution is 9.10. The molecule has 1 aliphatic rings. The van der Waals surface area contributed by atoms with Gasteiger partial charge < -0.3 is 9.80 Å². The average Bonchev–Trinajstić information content (AvgIpc) is 2.37. The van der Waals surface area contributed by atoms with E-state index in [-0.39, 0.29) is 11.7 Å². The van der Waals surface area contributed by atoms with Gasteiger partial charge in [-0.05, 0) is 54.9 Å². The number of benzene rings is 1. The molecule has 1 aromatic rings. The van der Waals surface area contributed by atoms with Crippen LogP contribution in [0.15, 0.2) is 22.7 Å². The third-order valence-corrected chi connectivity index (χ3v) is 4.48. The first-order valence-electron chi connectivity index (χ1n) is 6.59. The Bertz CT molecular complexity index is 569. The Hall–Kier alpha value is -1.36. The summed E-state index contributed by atoms with van der Waals surface area (Å²) in [5.41, 5.74) is 1.02. The van der Waals surface area contributed by atoms with E-state index in [1.807, 2.05) is 33.0 Å². The molecule has 5 heteroatoms. The van der Waals surface area contributed by atoms with Crippen LogP contribution in [0.1, 0.15) is 31.1 Å². The molecular weight excluding hydrogens is 320 g/mol. The van der Waals surface area contributed by atoms with Crippen LogP contribution in [0.2, 0.25) is 0 Å². The Kier molecular flexibility index (Phi) is 3.91. The number of nitrogens with zero attached hydrogens (tertiary/aromatic N) is 2. The highest BCUT2D eigenvalue weighted by Crippen LogP contribution is 2.34. The number of Topliss-reactive ketones (excluding diaryl/α,β-unsaturated/α-hetero) is 1. The summed E-state index contributed by atoms with van der Waals surface area (Å²) in [5, 5.41) is 0. The molecule has 1 heterocycles. The van der Waals surface area contributed by atoms with Crippen molar-refractivity contribution in [1.82, 2.24) is 4.90 Å². The van der Waals surface area contributed by atoms with E-state index in [9.17, 15) is 9.59 Å². The number of carbonyl (C=O) groups excluding carboxylic acids is 2. The third-order valence-electron chi connectivity index (χ3n) is 3.85. The second-order valence-corrected chi connectivity index (χ2v) is 6.51. The van der Waals surface area contributed by atoms with Gasteiger partial charge in [0.25, 0.3) is 0 Å². The van der Waals surface area contributed by atoms with Crippen LogP contribution in [0.3, 0.4) is 0 Å². The molecule has 0 bridgehead atoms. The zero-order chi connectivity index (χ0) is 15.1. The predicted molar refractivity (Wildman–Crippen MR) is 83.2 cm³/mol. The quantitative estimate of drug-likeness (QED) is 0.778. The number of ketones is 1. The van der Waals surface area contributed by atoms with E-state index < -0.39 is 5.54 Å². The van der Waals surface area contributed by atoms with E-state index in [1.165, 1.54) is 0 Å². The summed E-state index contributed by atoms with van der Waals surface area (Å²) in [4.78, 5) is 27.6. The molecule has 0 radical (unpaired) electrons. The van der Waals surface area contributed by atoms with Crippen LogP contribution in [0.25, 0.3) is 0 Å². The van der Waals surface area contributed by atoms with Crippen molar-refractivity contribution in [2.24, 2.45) is 0 Å². The molecule has 0 aliphatic carbocycles. The van der Waals surface area contributed by atoms with Crippen LogP contribution in [0.4, 0.5) is 5.69 Å². The van der Waals surface area contributed by atoms with Crippen LogP contribution in [-0.4, -0.2) is 42.3 Å². The zero-order valence-electron chi connectivity index (χ0n) is 12.2. The van der Waals surface area contributed by atoms with Crippen LogP contribution in [-0.2, 0) is 4.79 Å². The van der Waals surface area contributed by atoms with Crippen LogP contribution < -0.4 is 4.90 Å². The maximum Gasteiger partial charge on any atom is 0.247 e. The summed E-state index contributed by atoms with van der Waals surface area (Å²) < 4.78 is 0.843. The van der Waals surface area contributed by atoms with E-state index in [0.29, 0.717) is 12.1 Å². The molecule has 1 aliphatic heterocycles. The molecule has 0 unspecified atom stereocenters. The molecule has 0 aromatic heterocycles. The molecule has 0 spiro atoms. The topological polar surface area (TPSA) is 40.6 Å². The van der Waals surface area contributed by atoms with Crippen molar-refractivity contribution in [3.63, 3.8) is 0 Å². The minimum absolute atomic E-state index is 0.0333. The lowest BCUT2D eigenvalue weighted by Crippen LogP contribution is -2.62. The lowest BCUT2D eigenvalue weighted by molar-refractivity contribution is -0.136. The molecule has 1 amide bonds. The highest BCUT2D eigenvalue weighted by Gasteiger charge is 2.41. The smallest absolute Gasteiger partial charge is 0.247 e. The number of halogens is 1. The molecular formula is C15H19BrN2O2.